The molecule has 0 aliphatic carbocycles. The van der Waals surface area contributed by atoms with Gasteiger partial charge >= 0.3 is 0 Å². The van der Waals surface area contributed by atoms with Crippen molar-refractivity contribution in [1.82, 2.24) is 19.9 Å². The fourth-order valence-electron chi connectivity index (χ4n) is 4.36. The van der Waals surface area contributed by atoms with E-state index in [0.29, 0.717) is 12.0 Å². The topological polar surface area (TPSA) is 42.7 Å². The van der Waals surface area contributed by atoms with Crippen LogP contribution in [0.15, 0.2) is 54.7 Å². The largest absolute Gasteiger partial charge is 0.317 e. The van der Waals surface area contributed by atoms with Gasteiger partial charge in [0.2, 0.25) is 0 Å². The maximum absolute atomic E-state index is 5.02. The molecule has 2 aromatic carbocycles. The van der Waals surface area contributed by atoms with Crippen molar-refractivity contribution in [3.05, 3.63) is 60.6 Å². The molecular formula is C24H26N4. The summed E-state index contributed by atoms with van der Waals surface area (Å²) < 4.78 is 2.41. The molecule has 1 aliphatic rings. The molecule has 0 bridgehead atoms. The minimum Gasteiger partial charge on any atom is -0.317 e. The van der Waals surface area contributed by atoms with Crippen LogP contribution in [-0.4, -0.2) is 27.6 Å². The Bertz CT molecular complexity index is 1140. The van der Waals surface area contributed by atoms with Crippen LogP contribution >= 0.6 is 0 Å². The predicted octanol–water partition coefficient (Wildman–Crippen LogP) is 5.30. The summed E-state index contributed by atoms with van der Waals surface area (Å²) in [6.45, 7) is 6.58. The van der Waals surface area contributed by atoms with Crippen molar-refractivity contribution in [2.24, 2.45) is 0 Å². The molecule has 2 aromatic heterocycles. The zero-order chi connectivity index (χ0) is 19.1. The highest BCUT2D eigenvalue weighted by molar-refractivity contribution is 5.88. The quantitative estimate of drug-likeness (QED) is 0.532. The van der Waals surface area contributed by atoms with Crippen LogP contribution in [0.3, 0.4) is 0 Å². The maximum Gasteiger partial charge on any atom is 0.160 e. The van der Waals surface area contributed by atoms with Crippen molar-refractivity contribution in [3.8, 4) is 11.1 Å². The first kappa shape index (κ1) is 17.4. The number of piperidine rings is 1. The standard InChI is InChI=1S/C24H26N4/c1-16(2)23-27-22-14-20(19-8-7-17-5-3-4-6-18(17)13-19)15-26-24(22)28(23)21-9-11-25-12-10-21/h3-8,13-16,21,25H,9-12H2,1-2H3. The van der Waals surface area contributed by atoms with Crippen molar-refractivity contribution in [2.75, 3.05) is 13.1 Å². The van der Waals surface area contributed by atoms with E-state index in [4.69, 9.17) is 9.97 Å². The minimum atomic E-state index is 0.383. The van der Waals surface area contributed by atoms with Gasteiger partial charge in [0.05, 0.1) is 0 Å². The molecule has 3 heterocycles. The predicted molar refractivity (Wildman–Crippen MR) is 116 cm³/mol. The van der Waals surface area contributed by atoms with Gasteiger partial charge in [0.15, 0.2) is 5.65 Å². The second-order valence-electron chi connectivity index (χ2n) is 8.10. The molecule has 1 saturated heterocycles. The number of nitrogens with zero attached hydrogens (tertiary/aromatic N) is 3. The van der Waals surface area contributed by atoms with Crippen LogP contribution in [0.25, 0.3) is 33.1 Å². The number of pyridine rings is 1. The van der Waals surface area contributed by atoms with Crippen molar-refractivity contribution < 1.29 is 0 Å². The Labute approximate surface area is 165 Å². The van der Waals surface area contributed by atoms with Gasteiger partial charge in [-0.05, 0) is 54.4 Å². The number of nitrogens with one attached hydrogen (secondary N) is 1. The first-order chi connectivity index (χ1) is 13.7. The Kier molecular flexibility index (Phi) is 4.36. The van der Waals surface area contributed by atoms with E-state index < -0.39 is 0 Å². The molecule has 0 unspecified atom stereocenters. The monoisotopic (exact) mass is 370 g/mol. The molecule has 4 aromatic rings. The Morgan fingerprint density at radius 1 is 0.964 bits per heavy atom. The SMILES string of the molecule is CC(C)c1nc2cc(-c3ccc4ccccc4c3)cnc2n1C1CCNCC1. The molecule has 0 atom stereocenters. The summed E-state index contributed by atoms with van der Waals surface area (Å²) in [5, 5.41) is 5.98. The molecule has 1 N–H and O–H groups in total. The van der Waals surface area contributed by atoms with Gasteiger partial charge in [0.1, 0.15) is 11.3 Å². The third-order valence-electron chi connectivity index (χ3n) is 5.83. The first-order valence-corrected chi connectivity index (χ1v) is 10.3. The summed E-state index contributed by atoms with van der Waals surface area (Å²) in [7, 11) is 0. The van der Waals surface area contributed by atoms with Crippen LogP contribution in [-0.2, 0) is 0 Å². The summed E-state index contributed by atoms with van der Waals surface area (Å²) in [6.07, 6.45) is 4.29. The van der Waals surface area contributed by atoms with Crippen LogP contribution in [0.5, 0.6) is 0 Å². The Balaban J connectivity index is 1.62. The van der Waals surface area contributed by atoms with Crippen molar-refractivity contribution in [1.29, 1.82) is 0 Å². The number of hydrogen-bond acceptors (Lipinski definition) is 3. The van der Waals surface area contributed by atoms with Gasteiger partial charge in [0.25, 0.3) is 0 Å². The van der Waals surface area contributed by atoms with Crippen LogP contribution < -0.4 is 5.32 Å². The average molecular weight is 371 g/mol. The van der Waals surface area contributed by atoms with Gasteiger partial charge in [-0.15, -0.1) is 0 Å². The normalized spacial score (nSPS) is 15.7. The van der Waals surface area contributed by atoms with E-state index in [2.05, 4.69) is 72.3 Å². The average Bonchev–Trinajstić information content (AvgIpc) is 3.13. The van der Waals surface area contributed by atoms with E-state index in [0.717, 1.165) is 48.5 Å². The first-order valence-electron chi connectivity index (χ1n) is 10.3. The van der Waals surface area contributed by atoms with Gasteiger partial charge < -0.3 is 9.88 Å². The number of hydrogen-bond donors (Lipinski definition) is 1. The number of rotatable bonds is 3. The smallest absolute Gasteiger partial charge is 0.160 e. The fourth-order valence-corrected chi connectivity index (χ4v) is 4.36. The molecule has 1 aliphatic heterocycles. The second-order valence-corrected chi connectivity index (χ2v) is 8.10. The third-order valence-corrected chi connectivity index (χ3v) is 5.83. The van der Waals surface area contributed by atoms with Crippen molar-refractivity contribution in [3.63, 3.8) is 0 Å². The molecule has 4 heteroatoms. The fraction of sp³-hybridized carbons (Fsp3) is 0.333. The molecule has 0 radical (unpaired) electrons. The molecule has 142 valence electrons. The lowest BCUT2D eigenvalue weighted by atomic mass is 10.0. The van der Waals surface area contributed by atoms with E-state index in [-0.39, 0.29) is 0 Å². The number of benzene rings is 2. The highest BCUT2D eigenvalue weighted by atomic mass is 15.2. The lowest BCUT2D eigenvalue weighted by Crippen LogP contribution is -2.30. The van der Waals surface area contributed by atoms with Crippen LogP contribution in [0.4, 0.5) is 0 Å². The van der Waals surface area contributed by atoms with E-state index >= 15 is 0 Å². The Hall–Kier alpha value is -2.72. The minimum absolute atomic E-state index is 0.383. The van der Waals surface area contributed by atoms with Crippen molar-refractivity contribution >= 4 is 21.9 Å². The second kappa shape index (κ2) is 7.02. The third kappa shape index (κ3) is 2.98. The van der Waals surface area contributed by atoms with E-state index in [1.165, 1.54) is 16.3 Å². The molecule has 0 saturated carbocycles. The van der Waals surface area contributed by atoms with Crippen LogP contribution in [0, 0.1) is 0 Å². The highest BCUT2D eigenvalue weighted by Crippen LogP contribution is 2.32. The summed E-state index contributed by atoms with van der Waals surface area (Å²) in [5.41, 5.74) is 4.35. The summed E-state index contributed by atoms with van der Waals surface area (Å²) in [4.78, 5) is 9.91. The number of imidazole rings is 1. The molecule has 1 fully saturated rings. The van der Waals surface area contributed by atoms with Crippen LogP contribution in [0.1, 0.15) is 44.5 Å². The summed E-state index contributed by atoms with van der Waals surface area (Å²) in [5.74, 6) is 1.54. The number of fused-ring (bicyclic) bond motifs is 2. The zero-order valence-corrected chi connectivity index (χ0v) is 16.5. The molecule has 28 heavy (non-hydrogen) atoms. The van der Waals surface area contributed by atoms with Gasteiger partial charge in [0, 0.05) is 23.7 Å². The molecular weight excluding hydrogens is 344 g/mol. The maximum atomic E-state index is 5.02. The van der Waals surface area contributed by atoms with Gasteiger partial charge in [-0.1, -0.05) is 50.2 Å². The Morgan fingerprint density at radius 3 is 2.54 bits per heavy atom. The van der Waals surface area contributed by atoms with Crippen LogP contribution in [0.2, 0.25) is 0 Å². The van der Waals surface area contributed by atoms with Gasteiger partial charge in [-0.3, -0.25) is 0 Å². The van der Waals surface area contributed by atoms with Gasteiger partial charge in [-0.25, -0.2) is 9.97 Å². The lowest BCUT2D eigenvalue weighted by Gasteiger charge is -2.26. The lowest BCUT2D eigenvalue weighted by molar-refractivity contribution is 0.362. The van der Waals surface area contributed by atoms with Crippen molar-refractivity contribution in [2.45, 2.75) is 38.6 Å². The highest BCUT2D eigenvalue weighted by Gasteiger charge is 2.23. The summed E-state index contributed by atoms with van der Waals surface area (Å²) in [6, 6.07) is 17.8. The molecule has 4 nitrogen and oxygen atoms in total. The van der Waals surface area contributed by atoms with E-state index in [9.17, 15) is 0 Å². The van der Waals surface area contributed by atoms with E-state index in [1.54, 1.807) is 0 Å². The van der Waals surface area contributed by atoms with Gasteiger partial charge in [-0.2, -0.15) is 0 Å². The molecule has 0 amide bonds. The number of aromatic nitrogens is 3. The molecule has 5 rings (SSSR count). The summed E-state index contributed by atoms with van der Waals surface area (Å²) >= 11 is 0. The zero-order valence-electron chi connectivity index (χ0n) is 16.5. The molecule has 0 spiro atoms. The van der Waals surface area contributed by atoms with E-state index in [1.807, 2.05) is 6.20 Å². The Morgan fingerprint density at radius 2 is 1.75 bits per heavy atom.